The van der Waals surface area contributed by atoms with Crippen molar-refractivity contribution in [2.45, 2.75) is 25.7 Å². The molecule has 4 nitrogen and oxygen atoms in total. The number of morpholine rings is 1. The summed E-state index contributed by atoms with van der Waals surface area (Å²) in [5.41, 5.74) is 2.90. The number of nitrogens with zero attached hydrogens (tertiary/aromatic N) is 3. The third-order valence-corrected chi connectivity index (χ3v) is 4.61. The summed E-state index contributed by atoms with van der Waals surface area (Å²) in [4.78, 5) is 2.37. The van der Waals surface area contributed by atoms with Crippen LogP contribution >= 0.6 is 0 Å². The summed E-state index contributed by atoms with van der Waals surface area (Å²) in [6, 6.07) is 18.8. The summed E-state index contributed by atoms with van der Waals surface area (Å²) in [7, 11) is 0. The Morgan fingerprint density at radius 2 is 1.92 bits per heavy atom. The van der Waals surface area contributed by atoms with Crippen LogP contribution in [0.1, 0.15) is 24.3 Å². The van der Waals surface area contributed by atoms with Crippen molar-refractivity contribution >= 4 is 0 Å². The summed E-state index contributed by atoms with van der Waals surface area (Å²) < 4.78 is 21.3. The molecule has 0 N–H and O–H groups in total. The minimum atomic E-state index is -0.257. The van der Waals surface area contributed by atoms with Gasteiger partial charge in [0, 0.05) is 25.8 Å². The molecule has 0 spiro atoms. The van der Waals surface area contributed by atoms with E-state index in [1.54, 1.807) is 10.7 Å². The van der Waals surface area contributed by atoms with E-state index in [1.807, 2.05) is 36.5 Å². The van der Waals surface area contributed by atoms with E-state index in [-0.39, 0.29) is 18.0 Å². The molecule has 0 saturated carbocycles. The molecule has 2 aromatic carbocycles. The normalized spacial score (nSPS) is 21.0. The highest BCUT2D eigenvalue weighted by Crippen LogP contribution is 2.26. The van der Waals surface area contributed by atoms with Gasteiger partial charge in [0.15, 0.2) is 0 Å². The van der Waals surface area contributed by atoms with E-state index in [9.17, 15) is 4.39 Å². The van der Waals surface area contributed by atoms with Crippen LogP contribution < -0.4 is 0 Å². The van der Waals surface area contributed by atoms with Gasteiger partial charge in [0.2, 0.25) is 0 Å². The van der Waals surface area contributed by atoms with Gasteiger partial charge in [-0.3, -0.25) is 4.90 Å². The number of rotatable bonds is 4. The lowest BCUT2D eigenvalue weighted by atomic mass is 10.1. The number of hydrogen-bond donors (Lipinski definition) is 0. The number of benzene rings is 2. The SMILES string of the molecule is C[C@H]1CN(Cc2ccn(-c3cccc(F)c3)n2)C[C@@H](c2ccccc2)O1. The number of hydrogen-bond acceptors (Lipinski definition) is 3. The van der Waals surface area contributed by atoms with Crippen LogP contribution in [0, 0.1) is 5.82 Å². The molecule has 0 aliphatic carbocycles. The fraction of sp³-hybridized carbons (Fsp3) is 0.286. The molecule has 2 heterocycles. The van der Waals surface area contributed by atoms with Crippen molar-refractivity contribution in [3.05, 3.63) is 83.9 Å². The lowest BCUT2D eigenvalue weighted by molar-refractivity contribution is -0.0816. The first kappa shape index (κ1) is 16.9. The van der Waals surface area contributed by atoms with E-state index in [2.05, 4.69) is 29.1 Å². The van der Waals surface area contributed by atoms with Gasteiger partial charge >= 0.3 is 0 Å². The number of aromatic nitrogens is 2. The second kappa shape index (κ2) is 7.40. The molecule has 1 fully saturated rings. The van der Waals surface area contributed by atoms with E-state index in [1.165, 1.54) is 17.7 Å². The molecular formula is C21H22FN3O. The lowest BCUT2D eigenvalue weighted by Crippen LogP contribution is -2.42. The molecule has 4 rings (SSSR count). The zero-order chi connectivity index (χ0) is 17.9. The van der Waals surface area contributed by atoms with Crippen molar-refractivity contribution in [2.75, 3.05) is 13.1 Å². The van der Waals surface area contributed by atoms with Gasteiger partial charge in [0.25, 0.3) is 0 Å². The van der Waals surface area contributed by atoms with Crippen molar-refractivity contribution in [1.82, 2.24) is 14.7 Å². The van der Waals surface area contributed by atoms with Crippen molar-refractivity contribution in [3.63, 3.8) is 0 Å². The average Bonchev–Trinajstić information content (AvgIpc) is 3.10. The molecule has 1 aliphatic heterocycles. The van der Waals surface area contributed by atoms with E-state index < -0.39 is 0 Å². The Bertz CT molecular complexity index is 864. The largest absolute Gasteiger partial charge is 0.368 e. The van der Waals surface area contributed by atoms with Gasteiger partial charge in [-0.15, -0.1) is 0 Å². The summed E-state index contributed by atoms with van der Waals surface area (Å²) in [5, 5.41) is 4.61. The maximum atomic E-state index is 13.4. The van der Waals surface area contributed by atoms with Crippen molar-refractivity contribution in [2.24, 2.45) is 0 Å². The van der Waals surface area contributed by atoms with Gasteiger partial charge in [-0.05, 0) is 36.8 Å². The maximum absolute atomic E-state index is 13.4. The van der Waals surface area contributed by atoms with Gasteiger partial charge in [0.1, 0.15) is 5.82 Å². The van der Waals surface area contributed by atoms with Crippen molar-refractivity contribution in [1.29, 1.82) is 0 Å². The predicted molar refractivity (Wildman–Crippen MR) is 98.5 cm³/mol. The Balaban J connectivity index is 1.47. The third-order valence-electron chi connectivity index (χ3n) is 4.61. The van der Waals surface area contributed by atoms with Crippen LogP contribution in [0.3, 0.4) is 0 Å². The van der Waals surface area contributed by atoms with Crippen molar-refractivity contribution in [3.8, 4) is 5.69 Å². The van der Waals surface area contributed by atoms with Crippen LogP contribution in [0.25, 0.3) is 5.69 Å². The molecule has 3 aromatic rings. The predicted octanol–water partition coefficient (Wildman–Crippen LogP) is 3.97. The molecule has 0 amide bonds. The number of ether oxygens (including phenoxy) is 1. The fourth-order valence-corrected chi connectivity index (χ4v) is 3.46. The first-order chi connectivity index (χ1) is 12.7. The fourth-order valence-electron chi connectivity index (χ4n) is 3.46. The minimum absolute atomic E-state index is 0.0743. The average molecular weight is 351 g/mol. The van der Waals surface area contributed by atoms with Crippen LogP contribution in [-0.4, -0.2) is 33.9 Å². The Labute approximate surface area is 152 Å². The first-order valence-electron chi connectivity index (χ1n) is 8.90. The highest BCUT2D eigenvalue weighted by Gasteiger charge is 2.26. The molecule has 0 radical (unpaired) electrons. The second-order valence-electron chi connectivity index (χ2n) is 6.77. The van der Waals surface area contributed by atoms with Gasteiger partial charge in [0.05, 0.1) is 23.6 Å². The van der Waals surface area contributed by atoms with Crippen LogP contribution in [-0.2, 0) is 11.3 Å². The molecule has 1 saturated heterocycles. The highest BCUT2D eigenvalue weighted by atomic mass is 19.1. The highest BCUT2D eigenvalue weighted by molar-refractivity contribution is 5.31. The number of halogens is 1. The van der Waals surface area contributed by atoms with Gasteiger partial charge in [-0.25, -0.2) is 9.07 Å². The van der Waals surface area contributed by atoms with Crippen LogP contribution in [0.15, 0.2) is 66.9 Å². The van der Waals surface area contributed by atoms with E-state index in [0.29, 0.717) is 0 Å². The zero-order valence-electron chi connectivity index (χ0n) is 14.8. The van der Waals surface area contributed by atoms with E-state index >= 15 is 0 Å². The van der Waals surface area contributed by atoms with Gasteiger partial charge in [-0.2, -0.15) is 5.10 Å². The zero-order valence-corrected chi connectivity index (χ0v) is 14.8. The van der Waals surface area contributed by atoms with Crippen LogP contribution in [0.5, 0.6) is 0 Å². The molecule has 1 aliphatic rings. The Morgan fingerprint density at radius 3 is 2.73 bits per heavy atom. The molecular weight excluding hydrogens is 329 g/mol. The first-order valence-corrected chi connectivity index (χ1v) is 8.90. The third kappa shape index (κ3) is 3.84. The molecule has 0 unspecified atom stereocenters. The molecule has 0 bridgehead atoms. The monoisotopic (exact) mass is 351 g/mol. The van der Waals surface area contributed by atoms with Gasteiger partial charge < -0.3 is 4.74 Å². The van der Waals surface area contributed by atoms with Crippen LogP contribution in [0.2, 0.25) is 0 Å². The Morgan fingerprint density at radius 1 is 1.08 bits per heavy atom. The standard InChI is InChI=1S/C21H22FN3O/c1-16-13-24(15-21(26-16)17-6-3-2-4-7-17)14-19-10-11-25(23-19)20-9-5-8-18(22)12-20/h2-12,16,21H,13-15H2,1H3/t16-,21-/m0/s1. The van der Waals surface area contributed by atoms with E-state index in [4.69, 9.17) is 4.74 Å². The quantitative estimate of drug-likeness (QED) is 0.712. The van der Waals surface area contributed by atoms with E-state index in [0.717, 1.165) is 31.0 Å². The Kier molecular flexibility index (Phi) is 4.82. The second-order valence-corrected chi connectivity index (χ2v) is 6.77. The molecule has 5 heteroatoms. The molecule has 26 heavy (non-hydrogen) atoms. The summed E-state index contributed by atoms with van der Waals surface area (Å²) in [6.45, 7) is 4.56. The van der Waals surface area contributed by atoms with Gasteiger partial charge in [-0.1, -0.05) is 36.4 Å². The molecule has 134 valence electrons. The van der Waals surface area contributed by atoms with Crippen molar-refractivity contribution < 1.29 is 9.13 Å². The summed E-state index contributed by atoms with van der Waals surface area (Å²) in [6.07, 6.45) is 2.12. The topological polar surface area (TPSA) is 30.3 Å². The maximum Gasteiger partial charge on any atom is 0.125 e. The smallest absolute Gasteiger partial charge is 0.125 e. The summed E-state index contributed by atoms with van der Waals surface area (Å²) in [5.74, 6) is -0.257. The lowest BCUT2D eigenvalue weighted by Gasteiger charge is -2.36. The molecule has 1 aromatic heterocycles. The van der Waals surface area contributed by atoms with Crippen LogP contribution in [0.4, 0.5) is 4.39 Å². The minimum Gasteiger partial charge on any atom is -0.368 e. The molecule has 2 atom stereocenters. The Hall–Kier alpha value is -2.50. The summed E-state index contributed by atoms with van der Waals surface area (Å²) >= 11 is 0.